The van der Waals surface area contributed by atoms with Crippen LogP contribution < -0.4 is 5.32 Å². The van der Waals surface area contributed by atoms with E-state index >= 15 is 0 Å². The van der Waals surface area contributed by atoms with E-state index in [1.165, 1.54) is 11.3 Å². The molecule has 18 heavy (non-hydrogen) atoms. The molecule has 7 heteroatoms. The topological polar surface area (TPSA) is 59.8 Å². The zero-order valence-electron chi connectivity index (χ0n) is 10.1. The number of hydrogen-bond donors (Lipinski definition) is 1. The Morgan fingerprint density at radius 3 is 3.00 bits per heavy atom. The average molecular weight is 285 g/mol. The molecule has 0 aromatic carbocycles. The van der Waals surface area contributed by atoms with E-state index in [0.717, 1.165) is 11.4 Å². The summed E-state index contributed by atoms with van der Waals surface area (Å²) in [7, 11) is 1.80. The van der Waals surface area contributed by atoms with Crippen LogP contribution in [0.3, 0.4) is 0 Å². The minimum atomic E-state index is -0.185. The molecule has 0 fully saturated rings. The average Bonchev–Trinajstić information content (AvgIpc) is 2.95. The van der Waals surface area contributed by atoms with Gasteiger partial charge in [0.1, 0.15) is 0 Å². The Morgan fingerprint density at radius 2 is 2.39 bits per heavy atom. The number of nitrogens with one attached hydrogen (secondary N) is 1. The molecule has 1 amide bonds. The molecule has 2 aromatic rings. The first-order chi connectivity index (χ1) is 8.63. The highest BCUT2D eigenvalue weighted by molar-refractivity contribution is 7.14. The van der Waals surface area contributed by atoms with Crippen LogP contribution >= 0.6 is 22.9 Å². The third-order valence-corrected chi connectivity index (χ3v) is 3.47. The summed E-state index contributed by atoms with van der Waals surface area (Å²) in [5, 5.41) is 9.37. The Kier molecular flexibility index (Phi) is 3.98. The molecular weight excluding hydrogens is 272 g/mol. The lowest BCUT2D eigenvalue weighted by molar-refractivity contribution is 0.102. The van der Waals surface area contributed by atoms with Gasteiger partial charge in [-0.25, -0.2) is 4.98 Å². The molecule has 5 nitrogen and oxygen atoms in total. The van der Waals surface area contributed by atoms with Gasteiger partial charge in [0.15, 0.2) is 5.13 Å². The predicted octanol–water partition coefficient (Wildman–Crippen LogP) is 2.43. The fourth-order valence-electron chi connectivity index (χ4n) is 1.58. The quantitative estimate of drug-likeness (QED) is 0.877. The molecule has 0 radical (unpaired) electrons. The summed E-state index contributed by atoms with van der Waals surface area (Å²) in [4.78, 5) is 16.3. The zero-order chi connectivity index (χ0) is 13.1. The van der Waals surface area contributed by atoms with E-state index in [4.69, 9.17) is 11.6 Å². The predicted molar refractivity (Wildman–Crippen MR) is 72.2 cm³/mol. The van der Waals surface area contributed by atoms with Crippen LogP contribution in [0.15, 0.2) is 11.6 Å². The van der Waals surface area contributed by atoms with E-state index in [9.17, 15) is 4.79 Å². The number of thiazole rings is 1. The molecule has 0 saturated heterocycles. The summed E-state index contributed by atoms with van der Waals surface area (Å²) in [6.45, 7) is 1.97. The molecule has 0 aliphatic carbocycles. The highest BCUT2D eigenvalue weighted by Gasteiger charge is 2.15. The Morgan fingerprint density at radius 1 is 1.61 bits per heavy atom. The van der Waals surface area contributed by atoms with Crippen LogP contribution in [0.2, 0.25) is 0 Å². The molecule has 0 atom stereocenters. The lowest BCUT2D eigenvalue weighted by Gasteiger charge is -2.00. The van der Waals surface area contributed by atoms with E-state index < -0.39 is 0 Å². The molecule has 0 bridgehead atoms. The van der Waals surface area contributed by atoms with Gasteiger partial charge in [-0.05, 0) is 6.42 Å². The Hall–Kier alpha value is -1.40. The van der Waals surface area contributed by atoms with E-state index in [2.05, 4.69) is 15.4 Å². The summed E-state index contributed by atoms with van der Waals surface area (Å²) in [6.07, 6.45) is 2.43. The summed E-state index contributed by atoms with van der Waals surface area (Å²) in [5.74, 6) is 0.162. The lowest BCUT2D eigenvalue weighted by Crippen LogP contribution is -2.13. The summed E-state index contributed by atoms with van der Waals surface area (Å²) in [5.41, 5.74) is 2.13. The minimum Gasteiger partial charge on any atom is -0.298 e. The number of aryl methyl sites for hydroxylation is 2. The zero-order valence-corrected chi connectivity index (χ0v) is 11.7. The number of aromatic nitrogens is 3. The molecule has 1 N–H and O–H groups in total. The maximum absolute atomic E-state index is 12.1. The van der Waals surface area contributed by atoms with Crippen LogP contribution in [-0.2, 0) is 19.3 Å². The van der Waals surface area contributed by atoms with Crippen molar-refractivity contribution in [1.82, 2.24) is 14.8 Å². The number of carbonyl (C=O) groups excluding carboxylic acids is 1. The molecule has 2 heterocycles. The minimum absolute atomic E-state index is 0.185. The van der Waals surface area contributed by atoms with Gasteiger partial charge in [-0.1, -0.05) is 6.92 Å². The highest BCUT2D eigenvalue weighted by Crippen LogP contribution is 2.18. The van der Waals surface area contributed by atoms with Gasteiger partial charge in [-0.3, -0.25) is 14.8 Å². The maximum atomic E-state index is 12.1. The molecular formula is C11H13ClN4OS. The summed E-state index contributed by atoms with van der Waals surface area (Å²) in [6, 6.07) is 0. The fraction of sp³-hybridized carbons (Fsp3) is 0.364. The van der Waals surface area contributed by atoms with Crippen molar-refractivity contribution in [3.05, 3.63) is 28.5 Å². The molecule has 0 aliphatic rings. The molecule has 2 rings (SSSR count). The normalized spacial score (nSPS) is 10.6. The van der Waals surface area contributed by atoms with Gasteiger partial charge in [0.05, 0.1) is 22.8 Å². The van der Waals surface area contributed by atoms with Gasteiger partial charge in [-0.15, -0.1) is 22.9 Å². The Bertz CT molecular complexity index is 563. The van der Waals surface area contributed by atoms with Gasteiger partial charge in [-0.2, -0.15) is 5.10 Å². The van der Waals surface area contributed by atoms with Crippen molar-refractivity contribution >= 4 is 34.0 Å². The molecule has 0 aliphatic heterocycles. The Labute approximate surface area is 114 Å². The van der Waals surface area contributed by atoms with E-state index in [0.29, 0.717) is 23.0 Å². The second-order valence-corrected chi connectivity index (χ2v) is 4.87. The monoisotopic (exact) mass is 284 g/mol. The van der Waals surface area contributed by atoms with Crippen LogP contribution in [0, 0.1) is 0 Å². The van der Waals surface area contributed by atoms with Gasteiger partial charge >= 0.3 is 0 Å². The van der Waals surface area contributed by atoms with E-state index in [-0.39, 0.29) is 5.91 Å². The first kappa shape index (κ1) is 13.0. The maximum Gasteiger partial charge on any atom is 0.260 e. The third-order valence-electron chi connectivity index (χ3n) is 2.39. The molecule has 0 saturated carbocycles. The standard InChI is InChI=1S/C11H13ClN4OS/c1-3-9-8(5-16(2)15-9)10(17)14-11-13-7(4-12)6-18-11/h5-6H,3-4H2,1-2H3,(H,13,14,17). The van der Waals surface area contributed by atoms with Crippen molar-refractivity contribution in [1.29, 1.82) is 0 Å². The van der Waals surface area contributed by atoms with Crippen LogP contribution in [-0.4, -0.2) is 20.7 Å². The lowest BCUT2D eigenvalue weighted by atomic mass is 10.2. The number of rotatable bonds is 4. The van der Waals surface area contributed by atoms with Crippen molar-refractivity contribution in [3.63, 3.8) is 0 Å². The van der Waals surface area contributed by atoms with Crippen LogP contribution in [0.4, 0.5) is 5.13 Å². The number of anilines is 1. The SMILES string of the molecule is CCc1nn(C)cc1C(=O)Nc1nc(CCl)cs1. The van der Waals surface area contributed by atoms with Crippen molar-refractivity contribution in [3.8, 4) is 0 Å². The molecule has 0 unspecified atom stereocenters. The van der Waals surface area contributed by atoms with Gasteiger partial charge in [0.25, 0.3) is 5.91 Å². The van der Waals surface area contributed by atoms with Gasteiger partial charge in [0.2, 0.25) is 0 Å². The smallest absolute Gasteiger partial charge is 0.260 e. The van der Waals surface area contributed by atoms with Crippen LogP contribution in [0.25, 0.3) is 0 Å². The van der Waals surface area contributed by atoms with Crippen molar-refractivity contribution in [2.75, 3.05) is 5.32 Å². The number of amides is 1. The largest absolute Gasteiger partial charge is 0.298 e. The molecule has 0 spiro atoms. The van der Waals surface area contributed by atoms with Crippen molar-refractivity contribution in [2.45, 2.75) is 19.2 Å². The van der Waals surface area contributed by atoms with E-state index in [1.807, 2.05) is 12.3 Å². The molecule has 96 valence electrons. The summed E-state index contributed by atoms with van der Waals surface area (Å²) < 4.78 is 1.64. The van der Waals surface area contributed by atoms with Crippen molar-refractivity contribution in [2.24, 2.45) is 7.05 Å². The van der Waals surface area contributed by atoms with Gasteiger partial charge < -0.3 is 0 Å². The molecule has 2 aromatic heterocycles. The second-order valence-electron chi connectivity index (χ2n) is 3.75. The number of carbonyl (C=O) groups is 1. The Balaban J connectivity index is 2.16. The van der Waals surface area contributed by atoms with Crippen LogP contribution in [0.1, 0.15) is 28.7 Å². The van der Waals surface area contributed by atoms with E-state index in [1.54, 1.807) is 17.9 Å². The summed E-state index contributed by atoms with van der Waals surface area (Å²) >= 11 is 7.03. The van der Waals surface area contributed by atoms with Crippen LogP contribution in [0.5, 0.6) is 0 Å². The first-order valence-electron chi connectivity index (χ1n) is 5.48. The first-order valence-corrected chi connectivity index (χ1v) is 6.89. The number of halogens is 1. The third kappa shape index (κ3) is 2.70. The fourth-order valence-corrected chi connectivity index (χ4v) is 2.51. The highest BCUT2D eigenvalue weighted by atomic mass is 35.5. The number of hydrogen-bond acceptors (Lipinski definition) is 4. The van der Waals surface area contributed by atoms with Crippen molar-refractivity contribution < 1.29 is 4.79 Å². The second kappa shape index (κ2) is 5.49. The number of alkyl halides is 1. The van der Waals surface area contributed by atoms with Gasteiger partial charge in [0, 0.05) is 18.6 Å². The number of nitrogens with zero attached hydrogens (tertiary/aromatic N) is 3.